The Kier molecular flexibility index (Phi) is 4.94. The van der Waals surface area contributed by atoms with Gasteiger partial charge in [0.2, 0.25) is 10.0 Å². The van der Waals surface area contributed by atoms with E-state index in [1.54, 1.807) is 12.1 Å². The van der Waals surface area contributed by atoms with Crippen molar-refractivity contribution in [1.29, 1.82) is 0 Å². The molecule has 1 aromatic rings. The van der Waals surface area contributed by atoms with Crippen molar-refractivity contribution in [3.8, 4) is 0 Å². The zero-order valence-corrected chi connectivity index (χ0v) is 11.4. The van der Waals surface area contributed by atoms with Crippen LogP contribution in [0.1, 0.15) is 5.56 Å². The SMILES string of the molecule is Cc1ccc(S(=O)(=O)N2CCNCC2)cc1.Cl. The van der Waals surface area contributed by atoms with E-state index in [4.69, 9.17) is 0 Å². The summed E-state index contributed by atoms with van der Waals surface area (Å²) in [5, 5.41) is 3.14. The Balaban J connectivity index is 0.00000144. The molecule has 1 N–H and O–H groups in total. The smallest absolute Gasteiger partial charge is 0.243 e. The third-order valence-corrected chi connectivity index (χ3v) is 4.65. The van der Waals surface area contributed by atoms with Gasteiger partial charge in [-0.15, -0.1) is 12.4 Å². The number of halogens is 1. The number of piperazine rings is 1. The third kappa shape index (κ3) is 3.19. The quantitative estimate of drug-likeness (QED) is 0.877. The van der Waals surface area contributed by atoms with Crippen LogP contribution in [0.5, 0.6) is 0 Å². The van der Waals surface area contributed by atoms with E-state index in [0.29, 0.717) is 18.0 Å². The lowest BCUT2D eigenvalue weighted by atomic mass is 10.2. The second-order valence-corrected chi connectivity index (χ2v) is 5.91. The number of rotatable bonds is 2. The largest absolute Gasteiger partial charge is 0.314 e. The highest BCUT2D eigenvalue weighted by Gasteiger charge is 2.25. The van der Waals surface area contributed by atoms with Gasteiger partial charge in [-0.25, -0.2) is 8.42 Å². The van der Waals surface area contributed by atoms with E-state index in [1.165, 1.54) is 4.31 Å². The van der Waals surface area contributed by atoms with Crippen LogP contribution in [-0.2, 0) is 10.0 Å². The summed E-state index contributed by atoms with van der Waals surface area (Å²) in [6.45, 7) is 4.50. The van der Waals surface area contributed by atoms with Gasteiger partial charge in [-0.1, -0.05) is 17.7 Å². The van der Waals surface area contributed by atoms with Gasteiger partial charge in [0.05, 0.1) is 4.90 Å². The highest BCUT2D eigenvalue weighted by Crippen LogP contribution is 2.16. The van der Waals surface area contributed by atoms with Crippen molar-refractivity contribution < 1.29 is 8.42 Å². The van der Waals surface area contributed by atoms with Gasteiger partial charge < -0.3 is 5.32 Å². The second kappa shape index (κ2) is 5.82. The molecule has 96 valence electrons. The maximum absolute atomic E-state index is 12.2. The van der Waals surface area contributed by atoms with Crippen molar-refractivity contribution in [1.82, 2.24) is 9.62 Å². The van der Waals surface area contributed by atoms with E-state index >= 15 is 0 Å². The first-order chi connectivity index (χ1) is 7.60. The van der Waals surface area contributed by atoms with Crippen LogP contribution >= 0.6 is 12.4 Å². The van der Waals surface area contributed by atoms with Crippen molar-refractivity contribution in [2.45, 2.75) is 11.8 Å². The van der Waals surface area contributed by atoms with Crippen molar-refractivity contribution in [3.05, 3.63) is 29.8 Å². The molecular formula is C11H17ClN2O2S. The fourth-order valence-corrected chi connectivity index (χ4v) is 3.19. The molecule has 0 aromatic heterocycles. The van der Waals surface area contributed by atoms with Crippen LogP contribution < -0.4 is 5.32 Å². The van der Waals surface area contributed by atoms with Crippen LogP contribution in [0, 0.1) is 6.92 Å². The summed E-state index contributed by atoms with van der Waals surface area (Å²) in [5.41, 5.74) is 1.07. The minimum absolute atomic E-state index is 0. The fourth-order valence-electron chi connectivity index (χ4n) is 1.74. The minimum Gasteiger partial charge on any atom is -0.314 e. The van der Waals surface area contributed by atoms with Gasteiger partial charge in [0.15, 0.2) is 0 Å². The molecule has 0 saturated carbocycles. The van der Waals surface area contributed by atoms with Crippen molar-refractivity contribution >= 4 is 22.4 Å². The van der Waals surface area contributed by atoms with E-state index in [9.17, 15) is 8.42 Å². The first kappa shape index (κ1) is 14.4. The maximum atomic E-state index is 12.2. The van der Waals surface area contributed by atoms with Gasteiger partial charge in [-0.2, -0.15) is 4.31 Å². The molecule has 1 aliphatic rings. The van der Waals surface area contributed by atoms with Crippen LogP contribution in [0.25, 0.3) is 0 Å². The number of nitrogens with zero attached hydrogens (tertiary/aromatic N) is 1. The Bertz CT molecular complexity index is 453. The summed E-state index contributed by atoms with van der Waals surface area (Å²) in [5.74, 6) is 0. The zero-order valence-electron chi connectivity index (χ0n) is 9.72. The topological polar surface area (TPSA) is 49.4 Å². The van der Waals surface area contributed by atoms with Crippen LogP contribution in [-0.4, -0.2) is 38.9 Å². The van der Waals surface area contributed by atoms with Gasteiger partial charge in [-0.05, 0) is 19.1 Å². The Morgan fingerprint density at radius 2 is 1.65 bits per heavy atom. The molecule has 1 aromatic carbocycles. The Labute approximate surface area is 108 Å². The molecule has 0 atom stereocenters. The normalized spacial score (nSPS) is 17.5. The Morgan fingerprint density at radius 1 is 1.12 bits per heavy atom. The lowest BCUT2D eigenvalue weighted by Crippen LogP contribution is -2.46. The molecule has 0 aliphatic carbocycles. The van der Waals surface area contributed by atoms with Crippen LogP contribution in [0.15, 0.2) is 29.2 Å². The number of aryl methyl sites for hydroxylation is 1. The molecule has 1 aliphatic heterocycles. The number of sulfonamides is 1. The fraction of sp³-hybridized carbons (Fsp3) is 0.455. The van der Waals surface area contributed by atoms with E-state index < -0.39 is 10.0 Å². The number of nitrogens with one attached hydrogen (secondary N) is 1. The highest BCUT2D eigenvalue weighted by molar-refractivity contribution is 7.89. The maximum Gasteiger partial charge on any atom is 0.243 e. The summed E-state index contributed by atoms with van der Waals surface area (Å²) in [6.07, 6.45) is 0. The van der Waals surface area contributed by atoms with E-state index in [2.05, 4.69) is 5.32 Å². The predicted octanol–water partition coefficient (Wildman–Crippen LogP) is 1.01. The molecule has 1 fully saturated rings. The predicted molar refractivity (Wildman–Crippen MR) is 70.1 cm³/mol. The van der Waals surface area contributed by atoms with E-state index in [-0.39, 0.29) is 12.4 Å². The summed E-state index contributed by atoms with van der Waals surface area (Å²) >= 11 is 0. The van der Waals surface area contributed by atoms with Crippen LogP contribution in [0.2, 0.25) is 0 Å². The summed E-state index contributed by atoms with van der Waals surface area (Å²) in [6, 6.07) is 7.00. The van der Waals surface area contributed by atoms with Gasteiger partial charge in [0, 0.05) is 26.2 Å². The molecule has 0 spiro atoms. The molecule has 4 nitrogen and oxygen atoms in total. The van der Waals surface area contributed by atoms with Crippen LogP contribution in [0.3, 0.4) is 0 Å². The lowest BCUT2D eigenvalue weighted by molar-refractivity contribution is 0.360. The first-order valence-corrected chi connectivity index (χ1v) is 6.82. The summed E-state index contributed by atoms with van der Waals surface area (Å²) in [4.78, 5) is 0.389. The van der Waals surface area contributed by atoms with E-state index in [1.807, 2.05) is 19.1 Å². The van der Waals surface area contributed by atoms with Gasteiger partial charge in [0.1, 0.15) is 0 Å². The molecule has 1 saturated heterocycles. The average Bonchev–Trinajstić information content (AvgIpc) is 2.31. The molecule has 6 heteroatoms. The summed E-state index contributed by atoms with van der Waals surface area (Å²) < 4.78 is 25.9. The van der Waals surface area contributed by atoms with Crippen molar-refractivity contribution in [2.75, 3.05) is 26.2 Å². The lowest BCUT2D eigenvalue weighted by Gasteiger charge is -2.26. The number of benzene rings is 1. The zero-order chi connectivity index (χ0) is 11.6. The van der Waals surface area contributed by atoms with Gasteiger partial charge >= 0.3 is 0 Å². The third-order valence-electron chi connectivity index (χ3n) is 2.73. The molecule has 0 unspecified atom stereocenters. The molecule has 0 bridgehead atoms. The van der Waals surface area contributed by atoms with Gasteiger partial charge in [0.25, 0.3) is 0 Å². The molecular weight excluding hydrogens is 260 g/mol. The van der Waals surface area contributed by atoms with Gasteiger partial charge in [-0.3, -0.25) is 0 Å². The second-order valence-electron chi connectivity index (χ2n) is 3.97. The molecule has 0 radical (unpaired) electrons. The van der Waals surface area contributed by atoms with E-state index in [0.717, 1.165) is 18.7 Å². The number of hydrogen-bond acceptors (Lipinski definition) is 3. The van der Waals surface area contributed by atoms with Crippen LogP contribution in [0.4, 0.5) is 0 Å². The first-order valence-electron chi connectivity index (χ1n) is 5.38. The molecule has 17 heavy (non-hydrogen) atoms. The Morgan fingerprint density at radius 3 is 2.18 bits per heavy atom. The summed E-state index contributed by atoms with van der Waals surface area (Å²) in [7, 11) is -3.29. The molecule has 2 rings (SSSR count). The number of hydrogen-bond donors (Lipinski definition) is 1. The monoisotopic (exact) mass is 276 g/mol. The molecule has 0 amide bonds. The highest BCUT2D eigenvalue weighted by atomic mass is 35.5. The minimum atomic E-state index is -3.29. The average molecular weight is 277 g/mol. The standard InChI is InChI=1S/C11H16N2O2S.ClH/c1-10-2-4-11(5-3-10)16(14,15)13-8-6-12-7-9-13;/h2-5,12H,6-9H2,1H3;1H. The van der Waals surface area contributed by atoms with Crippen molar-refractivity contribution in [2.24, 2.45) is 0 Å². The van der Waals surface area contributed by atoms with Crippen molar-refractivity contribution in [3.63, 3.8) is 0 Å². The molecule has 1 heterocycles. The Hall–Kier alpha value is -0.620.